The van der Waals surface area contributed by atoms with E-state index >= 15 is 0 Å². The molecular formula is C80H106F3IN16O18P2S. The molecule has 8 amide bonds. The average Bonchev–Trinajstić information content (AvgIpc) is 1.61. The van der Waals surface area contributed by atoms with Crippen LogP contribution < -0.4 is 51.9 Å². The van der Waals surface area contributed by atoms with Crippen LogP contribution in [0.15, 0.2) is 118 Å². The van der Waals surface area contributed by atoms with Gasteiger partial charge in [0.05, 0.1) is 60.4 Å². The number of fused-ring (bicyclic) bond motifs is 3. The zero-order valence-electron chi connectivity index (χ0n) is 69.9. The second-order valence-corrected chi connectivity index (χ2v) is 32.0. The molecule has 4 N–H and O–H groups in total. The van der Waals surface area contributed by atoms with Crippen molar-refractivity contribution in [3.05, 3.63) is 146 Å². The number of amides is 8. The first-order chi connectivity index (χ1) is 57.3. The van der Waals surface area contributed by atoms with E-state index in [0.29, 0.717) is 78.7 Å². The van der Waals surface area contributed by atoms with Crippen LogP contribution >= 0.6 is 40.9 Å². The molecule has 14 rings (SSSR count). The molecule has 3 aromatic heterocycles. The summed E-state index contributed by atoms with van der Waals surface area (Å²) in [5.41, 5.74) is 1.65. The van der Waals surface area contributed by atoms with Gasteiger partial charge in [0.15, 0.2) is 6.10 Å². The normalized spacial score (nSPS) is 17.9. The molecule has 0 aliphatic carbocycles. The van der Waals surface area contributed by atoms with E-state index in [1.807, 2.05) is 120 Å². The van der Waals surface area contributed by atoms with Crippen LogP contribution in [0.5, 0.6) is 11.5 Å². The molecule has 0 spiro atoms. The third-order valence-corrected chi connectivity index (χ3v) is 21.5. The number of halogens is 4. The van der Waals surface area contributed by atoms with Crippen LogP contribution in [0.2, 0.25) is 0 Å². The van der Waals surface area contributed by atoms with E-state index in [0.717, 1.165) is 84.0 Å². The van der Waals surface area contributed by atoms with Gasteiger partial charge in [-0.3, -0.25) is 71.9 Å². The Balaban J connectivity index is 0.000000202. The van der Waals surface area contributed by atoms with Crippen LogP contribution in [0, 0.1) is 5.16 Å². The van der Waals surface area contributed by atoms with Crippen molar-refractivity contribution in [2.75, 3.05) is 119 Å². The van der Waals surface area contributed by atoms with E-state index < -0.39 is 69.2 Å². The lowest BCUT2D eigenvalue weighted by molar-refractivity contribution is -0.156. The summed E-state index contributed by atoms with van der Waals surface area (Å²) in [5, 5.41) is 11.2. The number of hydrogen-bond acceptors (Lipinski definition) is 23. The Bertz CT molecular complexity index is 5330. The monoisotopic (exact) mass is 1860 g/mol. The van der Waals surface area contributed by atoms with E-state index in [1.54, 1.807) is 88.2 Å². The number of piperidine rings is 3. The number of ether oxygens (including phenoxy) is 4. The van der Waals surface area contributed by atoms with Crippen LogP contribution in [0.3, 0.4) is 0 Å². The average molecular weight is 1860 g/mol. The first kappa shape index (κ1) is 96.3. The fraction of sp³-hybridized carbons (Fsp3) is 0.487. The molecule has 658 valence electrons. The molecule has 34 nitrogen and oxygen atoms in total. The Labute approximate surface area is 716 Å². The summed E-state index contributed by atoms with van der Waals surface area (Å²) in [4.78, 5) is 153. The smallest absolute Gasteiger partial charge is 0.497 e. The molecule has 6 aliphatic rings. The first-order valence-electron chi connectivity index (χ1n) is 38.8. The number of anilines is 3. The number of piperazine rings is 3. The highest BCUT2D eigenvalue weighted by atomic mass is 127. The topological polar surface area (TPSA) is 379 Å². The number of likely N-dealkylation sites (tertiary alicyclic amines) is 2. The second kappa shape index (κ2) is 42.0. The number of aromatic amines is 1. The second-order valence-electron chi connectivity index (χ2n) is 30.5. The van der Waals surface area contributed by atoms with Crippen LogP contribution in [0.1, 0.15) is 103 Å². The van der Waals surface area contributed by atoms with Crippen molar-refractivity contribution in [1.82, 2.24) is 58.1 Å². The van der Waals surface area contributed by atoms with Gasteiger partial charge in [-0.15, -0.1) is 9.24 Å². The lowest BCUT2D eigenvalue weighted by atomic mass is 10.0. The molecule has 121 heavy (non-hydrogen) atoms. The Morgan fingerprint density at radius 3 is 1.34 bits per heavy atom. The first-order valence-corrected chi connectivity index (χ1v) is 44.0. The highest BCUT2D eigenvalue weighted by Crippen LogP contribution is 2.34. The van der Waals surface area contributed by atoms with E-state index in [2.05, 4.69) is 75.4 Å². The zero-order valence-corrected chi connectivity index (χ0v) is 75.0. The van der Waals surface area contributed by atoms with Gasteiger partial charge >= 0.3 is 44.9 Å². The van der Waals surface area contributed by atoms with Gasteiger partial charge < -0.3 is 53.7 Å². The molecule has 9 heterocycles. The Kier molecular flexibility index (Phi) is 33.4. The number of imide groups is 3. The van der Waals surface area contributed by atoms with Gasteiger partial charge in [0.25, 0.3) is 11.8 Å². The fourth-order valence-corrected chi connectivity index (χ4v) is 14.8. The van der Waals surface area contributed by atoms with E-state index in [-0.39, 0.29) is 85.8 Å². The molecule has 0 saturated carbocycles. The number of nitrogens with zero attached hydrogens (tertiary/aromatic N) is 12. The highest BCUT2D eigenvalue weighted by Gasteiger charge is 2.51. The summed E-state index contributed by atoms with van der Waals surface area (Å²) in [5.74, 6) is -1.83. The predicted molar refractivity (Wildman–Crippen MR) is 466 cm³/mol. The maximum absolute atomic E-state index is 13.6. The molecule has 6 aliphatic heterocycles. The molecule has 6 saturated heterocycles. The fourth-order valence-electron chi connectivity index (χ4n) is 14.2. The summed E-state index contributed by atoms with van der Waals surface area (Å²) >= 11 is 2.15. The third-order valence-electron chi connectivity index (χ3n) is 20.4. The number of carbonyl (C=O) groups excluding carboxylic acids is 8. The molecular weight excluding hydrogens is 1750 g/mol. The van der Waals surface area contributed by atoms with Crippen LogP contribution in [0.4, 0.5) is 39.8 Å². The Hall–Kier alpha value is -10.2. The number of imidazole rings is 3. The molecule has 6 fully saturated rings. The number of nitrogens with one attached hydrogen (secondary N) is 4. The van der Waals surface area contributed by atoms with Gasteiger partial charge in [-0.25, -0.2) is 28.2 Å². The Morgan fingerprint density at radius 2 is 0.917 bits per heavy atom. The van der Waals surface area contributed by atoms with Crippen molar-refractivity contribution in [2.24, 2.45) is 21.1 Å². The standard InChI is InChI=1S/C30H37N5O6.C17H21N5O3.C17H24N4O3.C14H14F3NO6S.CH3I.CH5P.H2NP/c1-30(2,3)41-29(39)33-16-14-32(15-17-33)21-8-11-23-25(18-21)31(4)28(38)35(23)24-12-13-26(36)34(27(24)37)19-20-6-9-22(40-5)10-7-20;1-20-14-10-11(21-8-6-18-7-9-21)2-3-12(14)22(17(20)25)13-4-5-15(23)19-16(13)24;1-17(2,3)24-16(23)21-9-7-20(8-10-21)12-5-6-13-14(11-12)19(4)15(22)18-13;1-23-10-4-2-9(3-5-10)8-18-12(19)7-6-11(13(18)20)24-25(21,22)14(15,16)17;3*1-2/h6-11,18,24H,12-17,19H2,1-5H3;2-3,10,13,18H,4-9H2,1H3,(H,19,23,24);5-6,11H,7-10H2,1-4H3,(H,18,22);2-5,11H,6-8H2,1H3;1H3;2H2,1H3;1-2H. The van der Waals surface area contributed by atoms with Gasteiger partial charge in [0.1, 0.15) is 34.8 Å². The molecule has 41 heteroatoms. The molecule has 5 aromatic carbocycles. The number of carbonyl (C=O) groups is 8. The zero-order chi connectivity index (χ0) is 89.3. The summed E-state index contributed by atoms with van der Waals surface area (Å²) in [6.07, 6.45) is -2.16. The molecule has 8 aromatic rings. The van der Waals surface area contributed by atoms with Crippen molar-refractivity contribution < 1.29 is 83.1 Å². The minimum Gasteiger partial charge on any atom is -0.497 e. The Morgan fingerprint density at radius 1 is 0.521 bits per heavy atom. The molecule has 0 radical (unpaired) electrons. The number of benzene rings is 5. The number of aromatic nitrogens is 6. The van der Waals surface area contributed by atoms with Crippen molar-refractivity contribution in [1.29, 1.82) is 5.16 Å². The van der Waals surface area contributed by atoms with Crippen molar-refractivity contribution >= 4 is 149 Å². The number of alkyl halides is 4. The number of aryl methyl sites for hydroxylation is 3. The third kappa shape index (κ3) is 23.7. The largest absolute Gasteiger partial charge is 0.523 e. The van der Waals surface area contributed by atoms with Crippen LogP contribution in [0.25, 0.3) is 33.1 Å². The van der Waals surface area contributed by atoms with Crippen LogP contribution in [-0.4, -0.2) is 231 Å². The summed E-state index contributed by atoms with van der Waals surface area (Å²) in [6, 6.07) is 29.7. The number of hydrogen-bond donors (Lipinski definition) is 4. The number of H-pyrrole nitrogens is 1. The van der Waals surface area contributed by atoms with Crippen molar-refractivity contribution in [3.63, 3.8) is 0 Å². The minimum atomic E-state index is -5.93. The number of rotatable bonds is 13. The van der Waals surface area contributed by atoms with E-state index in [4.69, 9.17) is 24.1 Å². The van der Waals surface area contributed by atoms with Gasteiger partial charge in [-0.1, -0.05) is 53.5 Å². The highest BCUT2D eigenvalue weighted by molar-refractivity contribution is 14.1. The lowest BCUT2D eigenvalue weighted by Crippen LogP contribution is -2.50. The SMILES string of the molecule is CI.COc1ccc(CN2C(=O)CCC(OS(=O)(=O)C(F)(F)F)C2=O)cc1.COc1ccc(CN2C(=O)CCC(n3c(=O)n(C)c4cc(N5CCN(C(=O)OC(C)(C)C)CC5)ccc43)C2=O)cc1.CP.Cn1c(=O)[nH]c2ccc(N3CCN(C(=O)OC(C)(C)C)CC3)cc21.Cn1c(=O)n(C2CCC(=O)NC2=O)c2ccc(N3CCNCC3)cc21.N=P. The summed E-state index contributed by atoms with van der Waals surface area (Å²) < 4.78 is 92.1. The molecule has 0 bridgehead atoms. The number of methoxy groups -OCH3 is 2. The maximum Gasteiger partial charge on any atom is 0.523 e. The van der Waals surface area contributed by atoms with E-state index in [1.165, 1.54) is 21.1 Å². The maximum atomic E-state index is 13.6. The van der Waals surface area contributed by atoms with Gasteiger partial charge in [0, 0.05) is 136 Å². The molecule has 4 atom stereocenters. The summed E-state index contributed by atoms with van der Waals surface area (Å²) in [6.45, 7) is 21.8. The van der Waals surface area contributed by atoms with E-state index in [9.17, 15) is 74.3 Å². The minimum absolute atomic E-state index is 0.114. The quantitative estimate of drug-likeness (QED) is 0.0209. The van der Waals surface area contributed by atoms with Crippen molar-refractivity contribution in [2.45, 2.75) is 128 Å². The van der Waals surface area contributed by atoms with Crippen molar-refractivity contribution in [3.8, 4) is 11.5 Å². The van der Waals surface area contributed by atoms with Gasteiger partial charge in [-0.2, -0.15) is 21.6 Å². The van der Waals surface area contributed by atoms with Gasteiger partial charge in [-0.05, 0) is 165 Å². The summed E-state index contributed by atoms with van der Waals surface area (Å²) in [7, 11) is 6.91. The lowest BCUT2D eigenvalue weighted by Gasteiger charge is -2.36. The predicted octanol–water partition coefficient (Wildman–Crippen LogP) is 8.96. The molecule has 4 unspecified atom stereocenters. The van der Waals surface area contributed by atoms with Gasteiger partial charge in [0.2, 0.25) is 23.6 Å². The van der Waals surface area contributed by atoms with Crippen LogP contribution in [-0.2, 0) is 86.8 Å².